The first-order valence-corrected chi connectivity index (χ1v) is 40.4. The molecule has 43 nitrogen and oxygen atoms in total. The van der Waals surface area contributed by atoms with Crippen LogP contribution in [-0.2, 0) is 109 Å². The van der Waals surface area contributed by atoms with Crippen molar-refractivity contribution in [1.29, 1.82) is 5.41 Å². The molecule has 2 aliphatic heterocycles. The van der Waals surface area contributed by atoms with Gasteiger partial charge in [0, 0.05) is 56.5 Å². The first-order valence-electron chi connectivity index (χ1n) is 38.8. The fourth-order valence-electron chi connectivity index (χ4n) is 13.2. The molecule has 24 N–H and O–H groups in total. The van der Waals surface area contributed by atoms with Gasteiger partial charge < -0.3 is 116 Å². The molecule has 662 valence electrons. The Morgan fingerprint density at radius 3 is 1.86 bits per heavy atom. The van der Waals surface area contributed by atoms with Gasteiger partial charge in [-0.25, -0.2) is 0 Å². The molecule has 0 spiro atoms. The molecule has 0 radical (unpaired) electrons. The third-order valence-corrected chi connectivity index (χ3v) is 20.3. The quantitative estimate of drug-likeness (QED) is 0.00652. The molecule has 0 unspecified atom stereocenters. The molecule has 2 fully saturated rings. The zero-order chi connectivity index (χ0) is 90.2. The molecule has 2 aliphatic rings. The average Bonchev–Trinajstić information content (AvgIpc) is 1.52. The smallest absolute Gasteiger partial charge is 0.325 e. The van der Waals surface area contributed by atoms with Crippen LogP contribution in [0.1, 0.15) is 139 Å². The number of phenols is 1. The molecule has 5 rings (SSSR count). The van der Waals surface area contributed by atoms with Gasteiger partial charge in [-0.15, -0.1) is 0 Å². The Labute approximate surface area is 692 Å². The molecule has 0 saturated carbocycles. The number of nitrogens with zero attached hydrogens (tertiary/aromatic N) is 2. The number of fused-ring (bicyclic) bond motifs is 1. The zero-order valence-electron chi connectivity index (χ0n) is 69.0. The number of aliphatic hydroxyl groups excluding tert-OH is 1. The number of likely N-dealkylation sites (N-methyl/N-ethyl adjacent to an activating group) is 1. The van der Waals surface area contributed by atoms with Crippen LogP contribution in [0.2, 0.25) is 0 Å². The Morgan fingerprint density at radius 2 is 1.27 bits per heavy atom. The molecule has 120 heavy (non-hydrogen) atoms. The maximum atomic E-state index is 15.3. The van der Waals surface area contributed by atoms with Crippen LogP contribution in [0.15, 0.2) is 54.7 Å². The lowest BCUT2D eigenvalue weighted by Crippen LogP contribution is -2.64. The molecule has 0 aliphatic carbocycles. The predicted octanol–water partition coefficient (Wildman–Crippen LogP) is -5.67. The lowest BCUT2D eigenvalue weighted by Gasteiger charge is -2.37. The van der Waals surface area contributed by atoms with Crippen LogP contribution < -0.4 is 86.3 Å². The standard InChI is InChI=1S/C76H114N20O23S/c1-37(2)29-48-65(107)91-57(39(4)98)68(110)89-51(32-55(78)101)72(114)95(12)34-56(102)119-40(5)58(69(111)85-47(63(105)86-48)25-26-54(77)100)92-66(108)52(35-120(116,117)118)90-62(104)46(19-15-27-81-74(79)80)84-64(106)49(31-42-33-82-45-18-14-13-17-44(42)45)87-70(112)59(75(6,7)8)94-71(113)60(76(9,10)11)93-67(109)53-20-16-28-96(53)73(115)50(88-61(103)38(3)83-36-97)30-41-21-23-43(99)24-22-41/h13-14,17-18,21-24,33,36-40,46-53,57-60,82,98-99H,15-16,19-20,25-32,34-35H2,1-12H3,(H2,77,100)(H2,78,101)(H,83,97)(H,84,106)(H,85,111)(H,86,105)(H,87,112)(H,88,103)(H,89,110)(H,90,104)(H,91,107)(H,92,108)(H,93,109)(H,94,113)(H4,79,80,81)(H,116,117,118)/t38-,39-,40-,46+,47+,48-,49-,50+,51+,52-,53+,57+,58+,59-,60+/m1/s1. The van der Waals surface area contributed by atoms with E-state index in [1.807, 2.05) is 0 Å². The fraction of sp³-hybridized carbons (Fsp3) is 0.579. The number of benzene rings is 2. The molecule has 0 bridgehead atoms. The lowest BCUT2D eigenvalue weighted by atomic mass is 9.83. The van der Waals surface area contributed by atoms with Gasteiger partial charge in [-0.05, 0) is 105 Å². The van der Waals surface area contributed by atoms with Gasteiger partial charge in [0.15, 0.2) is 5.96 Å². The number of ether oxygens (including phenoxy) is 1. The minimum Gasteiger partial charge on any atom is -0.508 e. The van der Waals surface area contributed by atoms with Gasteiger partial charge in [0.05, 0.1) is 12.5 Å². The van der Waals surface area contributed by atoms with Crippen molar-refractivity contribution in [3.8, 4) is 5.75 Å². The molecule has 3 aromatic rings. The number of primary amides is 2. The molecule has 44 heteroatoms. The number of esters is 1. The number of rotatable bonds is 35. The number of aliphatic hydroxyl groups is 1. The zero-order valence-corrected chi connectivity index (χ0v) is 69.8. The van der Waals surface area contributed by atoms with Crippen molar-refractivity contribution < 1.29 is 109 Å². The van der Waals surface area contributed by atoms with Crippen LogP contribution in [0.3, 0.4) is 0 Å². The van der Waals surface area contributed by atoms with Crippen LogP contribution in [0.5, 0.6) is 5.75 Å². The Bertz CT molecular complexity index is 4380. The molecule has 2 aromatic carbocycles. The number of guanidine groups is 1. The van der Waals surface area contributed by atoms with Gasteiger partial charge in [0.1, 0.15) is 103 Å². The van der Waals surface area contributed by atoms with Crippen molar-refractivity contribution in [2.24, 2.45) is 33.9 Å². The number of cyclic esters (lactones) is 1. The summed E-state index contributed by atoms with van der Waals surface area (Å²) in [4.78, 5) is 244. The van der Waals surface area contributed by atoms with Crippen LogP contribution in [0, 0.1) is 22.2 Å². The minimum atomic E-state index is -5.44. The van der Waals surface area contributed by atoms with E-state index >= 15 is 14.4 Å². The highest BCUT2D eigenvalue weighted by atomic mass is 32.2. The van der Waals surface area contributed by atoms with E-state index < -0.39 is 256 Å². The second kappa shape index (κ2) is 44.1. The van der Waals surface area contributed by atoms with Crippen LogP contribution in [-0.4, -0.2) is 268 Å². The predicted molar refractivity (Wildman–Crippen MR) is 429 cm³/mol. The minimum absolute atomic E-state index is 0.0432. The van der Waals surface area contributed by atoms with Gasteiger partial charge >= 0.3 is 5.97 Å². The number of carbonyl (C=O) groups is 17. The van der Waals surface area contributed by atoms with Crippen LogP contribution >= 0.6 is 0 Å². The number of nitrogens with two attached hydrogens (primary N) is 3. The molecular weight excluding hydrogens is 1590 g/mol. The van der Waals surface area contributed by atoms with Gasteiger partial charge in [-0.2, -0.15) is 8.42 Å². The third kappa shape index (κ3) is 30.4. The number of likely N-dealkylation sites (tertiary alicyclic amines) is 1. The van der Waals surface area contributed by atoms with Gasteiger partial charge in [0.2, 0.25) is 95.0 Å². The van der Waals surface area contributed by atoms with E-state index in [-0.39, 0.29) is 50.9 Å². The summed E-state index contributed by atoms with van der Waals surface area (Å²) in [5.41, 5.74) is 15.5. The first-order chi connectivity index (χ1) is 55.9. The maximum absolute atomic E-state index is 15.3. The van der Waals surface area contributed by atoms with Gasteiger partial charge in [-0.1, -0.05) is 85.7 Å². The molecule has 16 amide bonds. The number of hydrogen-bond acceptors (Lipinski definition) is 23. The molecular formula is C76H114N20O23S. The summed E-state index contributed by atoms with van der Waals surface area (Å²) >= 11 is 0. The second-order valence-corrected chi connectivity index (χ2v) is 33.8. The van der Waals surface area contributed by atoms with E-state index in [1.165, 1.54) is 42.3 Å². The number of para-hydroxylation sites is 1. The van der Waals surface area contributed by atoms with Crippen LogP contribution in [0.25, 0.3) is 10.9 Å². The highest BCUT2D eigenvalue weighted by molar-refractivity contribution is 7.85. The number of amides is 16. The van der Waals surface area contributed by atoms with E-state index in [0.29, 0.717) is 39.8 Å². The number of aromatic hydroxyl groups is 1. The SMILES string of the molecule is CC(C)C[C@H]1NC(=O)[C@H](CCC(N)=O)NC(=O)[C@@H](NC(=O)[C@@H](CS(=O)(=O)O)NC(=O)[C@H](CCCNC(=N)N)NC(=O)[C@@H](Cc2c[nH]c3ccccc23)NC(=O)[C@@H](NC(=O)[C@H](NC(=O)[C@@H]2CCCN2C(=O)[C@H](Cc2ccc(O)cc2)NC(=O)[C@@H](C)NC=O)C(C)(C)C)C(C)(C)C)[C@@H](C)OC(=O)CN(C)C(=O)[C@H](CC(N)=O)NC(=O)[C@H]([C@@H](C)O)NC1=O. The Hall–Kier alpha value is -12.1. The van der Waals surface area contributed by atoms with Crippen molar-refractivity contribution in [2.75, 3.05) is 32.4 Å². The monoisotopic (exact) mass is 1710 g/mol. The fourth-order valence-corrected chi connectivity index (χ4v) is 13.9. The largest absolute Gasteiger partial charge is 0.508 e. The van der Waals surface area contributed by atoms with Gasteiger partial charge in [-0.3, -0.25) is 91.5 Å². The molecule has 15 atom stereocenters. The number of phenolic OH excluding ortho intramolecular Hbond substituents is 1. The Balaban J connectivity index is 1.54. The van der Waals surface area contributed by atoms with Crippen LogP contribution in [0.4, 0.5) is 0 Å². The summed E-state index contributed by atoms with van der Waals surface area (Å²) in [5, 5.41) is 60.8. The average molecular weight is 1710 g/mol. The summed E-state index contributed by atoms with van der Waals surface area (Å²) in [6.07, 6.45) is -5.06. The van der Waals surface area contributed by atoms with E-state index in [0.717, 1.165) is 20.9 Å². The number of H-pyrrole nitrogens is 1. The highest BCUT2D eigenvalue weighted by Crippen LogP contribution is 2.28. The van der Waals surface area contributed by atoms with Crippen molar-refractivity contribution in [3.63, 3.8) is 0 Å². The van der Waals surface area contributed by atoms with Crippen molar-refractivity contribution >= 4 is 128 Å². The van der Waals surface area contributed by atoms with Gasteiger partial charge in [0.25, 0.3) is 10.1 Å². The molecule has 3 heterocycles. The summed E-state index contributed by atoms with van der Waals surface area (Å²) in [7, 11) is -4.44. The molecule has 2 saturated heterocycles. The lowest BCUT2D eigenvalue weighted by molar-refractivity contribution is -0.156. The Morgan fingerprint density at radius 1 is 0.692 bits per heavy atom. The molecule has 1 aromatic heterocycles. The summed E-state index contributed by atoms with van der Waals surface area (Å²) in [5.74, 6) is -21.0. The van der Waals surface area contributed by atoms with E-state index in [9.17, 15) is 90.3 Å². The third-order valence-electron chi connectivity index (χ3n) is 19.6. The number of nitrogens with one attached hydrogen (secondary N) is 15. The normalized spacial score (nSPS) is 20.7. The van der Waals surface area contributed by atoms with Crippen molar-refractivity contribution in [3.05, 3.63) is 65.9 Å². The van der Waals surface area contributed by atoms with E-state index in [2.05, 4.69) is 74.1 Å². The van der Waals surface area contributed by atoms with E-state index in [4.69, 9.17) is 27.3 Å². The summed E-state index contributed by atoms with van der Waals surface area (Å²) < 4.78 is 42.0. The summed E-state index contributed by atoms with van der Waals surface area (Å²) in [6.45, 7) is 15.0. The summed E-state index contributed by atoms with van der Waals surface area (Å²) in [6, 6.07) is -9.87. The number of carbonyl (C=O) groups excluding carboxylic acids is 17. The first kappa shape index (κ1) is 98.5. The topological polar surface area (TPSA) is 675 Å². The highest BCUT2D eigenvalue weighted by Gasteiger charge is 2.46. The maximum Gasteiger partial charge on any atom is 0.325 e. The number of aromatic nitrogens is 1. The van der Waals surface area contributed by atoms with Crippen molar-refractivity contribution in [2.45, 2.75) is 231 Å². The van der Waals surface area contributed by atoms with E-state index in [1.54, 1.807) is 79.7 Å². The number of hydrogen-bond donors (Lipinski definition) is 21. The Kier molecular flexibility index (Phi) is 36.2. The second-order valence-electron chi connectivity index (χ2n) is 32.3. The number of aromatic amines is 1. The van der Waals surface area contributed by atoms with Crippen molar-refractivity contribution in [1.82, 2.24) is 83.9 Å².